The summed E-state index contributed by atoms with van der Waals surface area (Å²) >= 11 is 7.88. The summed E-state index contributed by atoms with van der Waals surface area (Å²) in [5.41, 5.74) is 3.62. The maximum Gasteiger partial charge on any atom is 0.130 e. The quantitative estimate of drug-likeness (QED) is 0.478. The van der Waals surface area contributed by atoms with E-state index < -0.39 is 0 Å². The highest BCUT2D eigenvalue weighted by molar-refractivity contribution is 7.98. The summed E-state index contributed by atoms with van der Waals surface area (Å²) in [5, 5.41) is 5.01. The van der Waals surface area contributed by atoms with E-state index in [9.17, 15) is 0 Å². The number of thioether (sulfide) groups is 1. The molecule has 0 radical (unpaired) electrons. The zero-order chi connectivity index (χ0) is 16.8. The van der Waals surface area contributed by atoms with Crippen molar-refractivity contribution in [1.29, 1.82) is 0 Å². The maximum absolute atomic E-state index is 6.18. The first-order valence-corrected chi connectivity index (χ1v) is 9.05. The molecule has 3 nitrogen and oxygen atoms in total. The minimum absolute atomic E-state index is 0.638. The van der Waals surface area contributed by atoms with Gasteiger partial charge >= 0.3 is 0 Å². The monoisotopic (exact) mass is 355 g/mol. The van der Waals surface area contributed by atoms with Gasteiger partial charge in [-0.1, -0.05) is 59.6 Å². The van der Waals surface area contributed by atoms with Gasteiger partial charge in [-0.05, 0) is 24.1 Å². The van der Waals surface area contributed by atoms with Gasteiger partial charge in [0, 0.05) is 23.4 Å². The third-order valence-corrected chi connectivity index (χ3v) is 4.89. The van der Waals surface area contributed by atoms with Gasteiger partial charge in [-0.3, -0.25) is 0 Å². The number of hydrogen-bond acceptors (Lipinski definition) is 4. The molecule has 0 saturated carbocycles. The van der Waals surface area contributed by atoms with E-state index in [2.05, 4.69) is 46.5 Å². The van der Waals surface area contributed by atoms with Gasteiger partial charge in [0.15, 0.2) is 0 Å². The van der Waals surface area contributed by atoms with Crippen molar-refractivity contribution < 1.29 is 0 Å². The number of hydrogen-bond donors (Lipinski definition) is 1. The molecule has 0 aliphatic heterocycles. The van der Waals surface area contributed by atoms with Gasteiger partial charge in [0.25, 0.3) is 0 Å². The van der Waals surface area contributed by atoms with Gasteiger partial charge in [-0.15, -0.1) is 11.8 Å². The second-order valence-electron chi connectivity index (χ2n) is 5.46. The van der Waals surface area contributed by atoms with E-state index in [0.717, 1.165) is 27.2 Å². The Bertz CT molecular complexity index is 823. The van der Waals surface area contributed by atoms with E-state index in [1.807, 2.05) is 30.3 Å². The summed E-state index contributed by atoms with van der Waals surface area (Å²) in [6, 6.07) is 18.3. The van der Waals surface area contributed by atoms with E-state index in [1.165, 1.54) is 11.1 Å². The Hall–Kier alpha value is -2.04. The largest absolute Gasteiger partial charge is 0.366 e. The highest BCUT2D eigenvalue weighted by Crippen LogP contribution is 2.23. The highest BCUT2D eigenvalue weighted by Gasteiger charge is 2.03. The average Bonchev–Trinajstić information content (AvgIpc) is 2.60. The lowest BCUT2D eigenvalue weighted by Crippen LogP contribution is -2.02. The van der Waals surface area contributed by atoms with Crippen LogP contribution in [0, 0.1) is 6.92 Å². The second kappa shape index (κ2) is 8.18. The van der Waals surface area contributed by atoms with E-state index in [4.69, 9.17) is 11.6 Å². The number of anilines is 1. The molecule has 0 fully saturated rings. The van der Waals surface area contributed by atoms with Crippen LogP contribution in [0.25, 0.3) is 0 Å². The lowest BCUT2D eigenvalue weighted by molar-refractivity contribution is 1.02. The van der Waals surface area contributed by atoms with Crippen molar-refractivity contribution in [3.05, 3.63) is 82.6 Å². The van der Waals surface area contributed by atoms with Crippen molar-refractivity contribution in [1.82, 2.24) is 9.97 Å². The third-order valence-electron chi connectivity index (χ3n) is 3.53. The highest BCUT2D eigenvalue weighted by atomic mass is 35.5. The number of rotatable bonds is 6. The van der Waals surface area contributed by atoms with Crippen LogP contribution in [0.3, 0.4) is 0 Å². The van der Waals surface area contributed by atoms with Crippen LogP contribution < -0.4 is 5.32 Å². The summed E-state index contributed by atoms with van der Waals surface area (Å²) in [7, 11) is 0. The maximum atomic E-state index is 6.18. The van der Waals surface area contributed by atoms with Gasteiger partial charge in [0.1, 0.15) is 17.2 Å². The minimum Gasteiger partial charge on any atom is -0.366 e. The van der Waals surface area contributed by atoms with E-state index in [0.29, 0.717) is 6.54 Å². The first kappa shape index (κ1) is 16.8. The Morgan fingerprint density at radius 3 is 2.75 bits per heavy atom. The van der Waals surface area contributed by atoms with Crippen LogP contribution in [0.4, 0.5) is 5.82 Å². The topological polar surface area (TPSA) is 37.8 Å². The fourth-order valence-corrected chi connectivity index (χ4v) is 3.32. The van der Waals surface area contributed by atoms with Crippen molar-refractivity contribution in [2.24, 2.45) is 0 Å². The van der Waals surface area contributed by atoms with Crippen LogP contribution >= 0.6 is 23.4 Å². The average molecular weight is 356 g/mol. The van der Waals surface area contributed by atoms with Crippen LogP contribution in [-0.4, -0.2) is 9.97 Å². The summed E-state index contributed by atoms with van der Waals surface area (Å²) in [6.45, 7) is 2.74. The van der Waals surface area contributed by atoms with Gasteiger partial charge < -0.3 is 5.32 Å². The molecule has 1 aromatic heterocycles. The molecule has 0 aliphatic carbocycles. The number of nitrogens with zero attached hydrogens (tertiary/aromatic N) is 2. The smallest absolute Gasteiger partial charge is 0.130 e. The van der Waals surface area contributed by atoms with Gasteiger partial charge in [0.2, 0.25) is 0 Å². The Kier molecular flexibility index (Phi) is 5.72. The Morgan fingerprint density at radius 2 is 1.92 bits per heavy atom. The van der Waals surface area contributed by atoms with Gasteiger partial charge in [-0.2, -0.15) is 0 Å². The molecule has 0 aliphatic rings. The fraction of sp³-hybridized carbons (Fsp3) is 0.158. The Balaban J connectivity index is 1.60. The fourth-order valence-electron chi connectivity index (χ4n) is 2.30. The molecule has 0 bridgehead atoms. The SMILES string of the molecule is Cc1cccc(CSc2cc(NCc3ccccc3Cl)ncn2)c1. The van der Waals surface area contributed by atoms with E-state index in [-0.39, 0.29) is 0 Å². The molecule has 3 rings (SSSR count). The zero-order valence-corrected chi connectivity index (χ0v) is 14.9. The lowest BCUT2D eigenvalue weighted by Gasteiger charge is -2.08. The molecule has 2 aromatic carbocycles. The van der Waals surface area contributed by atoms with Gasteiger partial charge in [-0.25, -0.2) is 9.97 Å². The molecule has 122 valence electrons. The Morgan fingerprint density at radius 1 is 1.04 bits per heavy atom. The van der Waals surface area contributed by atoms with Crippen LogP contribution in [0.2, 0.25) is 5.02 Å². The van der Waals surface area contributed by atoms with Gasteiger partial charge in [0.05, 0.1) is 0 Å². The molecular weight excluding hydrogens is 338 g/mol. The van der Waals surface area contributed by atoms with E-state index in [1.54, 1.807) is 18.1 Å². The van der Waals surface area contributed by atoms with Crippen molar-refractivity contribution in [3.8, 4) is 0 Å². The number of aryl methyl sites for hydroxylation is 1. The molecule has 0 unspecified atom stereocenters. The van der Waals surface area contributed by atoms with Crippen LogP contribution in [0.1, 0.15) is 16.7 Å². The molecule has 1 N–H and O–H groups in total. The number of aromatic nitrogens is 2. The summed E-state index contributed by atoms with van der Waals surface area (Å²) < 4.78 is 0. The van der Waals surface area contributed by atoms with Crippen molar-refractivity contribution in [2.45, 2.75) is 24.2 Å². The normalized spacial score (nSPS) is 10.6. The molecule has 0 spiro atoms. The molecule has 1 heterocycles. The first-order valence-electron chi connectivity index (χ1n) is 7.68. The standard InChI is InChI=1S/C19H18ClN3S/c1-14-5-4-6-15(9-14)12-24-19-10-18(22-13-23-19)21-11-16-7-2-3-8-17(16)20/h2-10,13H,11-12H2,1H3,(H,21,22,23). The number of benzene rings is 2. The molecule has 24 heavy (non-hydrogen) atoms. The predicted molar refractivity (Wildman–Crippen MR) is 102 cm³/mol. The summed E-state index contributed by atoms with van der Waals surface area (Å²) in [4.78, 5) is 8.61. The molecule has 0 saturated heterocycles. The Labute approximate surface area is 151 Å². The molecule has 0 amide bonds. The molecule has 0 atom stereocenters. The lowest BCUT2D eigenvalue weighted by atomic mass is 10.2. The zero-order valence-electron chi connectivity index (χ0n) is 13.4. The number of nitrogens with one attached hydrogen (secondary N) is 1. The second-order valence-corrected chi connectivity index (χ2v) is 6.87. The van der Waals surface area contributed by atoms with E-state index >= 15 is 0 Å². The van der Waals surface area contributed by atoms with Crippen LogP contribution in [-0.2, 0) is 12.3 Å². The minimum atomic E-state index is 0.638. The van der Waals surface area contributed by atoms with Crippen molar-refractivity contribution in [3.63, 3.8) is 0 Å². The van der Waals surface area contributed by atoms with Crippen LogP contribution in [0.5, 0.6) is 0 Å². The predicted octanol–water partition coefficient (Wildman–Crippen LogP) is 5.34. The van der Waals surface area contributed by atoms with Crippen molar-refractivity contribution >= 4 is 29.2 Å². The van der Waals surface area contributed by atoms with Crippen LogP contribution in [0.15, 0.2) is 66.0 Å². The molecule has 5 heteroatoms. The summed E-state index contributed by atoms with van der Waals surface area (Å²) in [5.74, 6) is 1.69. The molecular formula is C19H18ClN3S. The molecule has 3 aromatic rings. The third kappa shape index (κ3) is 4.73. The summed E-state index contributed by atoms with van der Waals surface area (Å²) in [6.07, 6.45) is 1.59. The first-order chi connectivity index (χ1) is 11.7. The number of halogens is 1. The van der Waals surface area contributed by atoms with Crippen molar-refractivity contribution in [2.75, 3.05) is 5.32 Å².